The minimum Gasteiger partial charge on any atom is -0.378 e. The Bertz CT molecular complexity index is 317. The number of rotatable bonds is 2. The van der Waals surface area contributed by atoms with Crippen LogP contribution in [0.4, 0.5) is 0 Å². The van der Waals surface area contributed by atoms with Gasteiger partial charge < -0.3 is 9.64 Å². The van der Waals surface area contributed by atoms with Crippen molar-refractivity contribution in [3.63, 3.8) is 0 Å². The topological polar surface area (TPSA) is 29.5 Å². The predicted octanol–water partition coefficient (Wildman–Crippen LogP) is 1.16. The lowest BCUT2D eigenvalue weighted by atomic mass is 10.1. The van der Waals surface area contributed by atoms with E-state index in [0.29, 0.717) is 13.1 Å². The van der Waals surface area contributed by atoms with Crippen molar-refractivity contribution in [1.82, 2.24) is 4.90 Å². The molecule has 1 aromatic carbocycles. The largest absolute Gasteiger partial charge is 0.378 e. The molecule has 3 nitrogen and oxygen atoms in total. The van der Waals surface area contributed by atoms with E-state index >= 15 is 0 Å². The number of methoxy groups -OCH3 is 1. The van der Waals surface area contributed by atoms with Crippen LogP contribution in [0.5, 0.6) is 0 Å². The Morgan fingerprint density at radius 1 is 1.36 bits per heavy atom. The molecule has 1 aromatic rings. The fraction of sp³-hybridized carbons (Fsp3) is 0.364. The van der Waals surface area contributed by atoms with Gasteiger partial charge in [-0.15, -0.1) is 0 Å². The molecule has 0 spiro atoms. The minimum absolute atomic E-state index is 0.0962. The van der Waals surface area contributed by atoms with Crippen molar-refractivity contribution >= 4 is 5.91 Å². The number of hydrogen-bond acceptors (Lipinski definition) is 2. The van der Waals surface area contributed by atoms with E-state index < -0.39 is 0 Å². The maximum atomic E-state index is 11.8. The molecule has 74 valence electrons. The van der Waals surface area contributed by atoms with Crippen LogP contribution in [-0.2, 0) is 4.74 Å². The molecule has 0 radical (unpaired) electrons. The van der Waals surface area contributed by atoms with E-state index in [9.17, 15) is 4.79 Å². The number of carbonyl (C=O) groups excluding carboxylic acids is 1. The van der Waals surface area contributed by atoms with Crippen molar-refractivity contribution < 1.29 is 9.53 Å². The average molecular weight is 191 g/mol. The summed E-state index contributed by atoms with van der Waals surface area (Å²) in [6, 6.07) is 9.33. The molecule has 1 heterocycles. The lowest BCUT2D eigenvalue weighted by Crippen LogP contribution is -2.54. The zero-order chi connectivity index (χ0) is 9.97. The Morgan fingerprint density at radius 2 is 2.00 bits per heavy atom. The van der Waals surface area contributed by atoms with Crippen molar-refractivity contribution in [3.05, 3.63) is 35.9 Å². The summed E-state index contributed by atoms with van der Waals surface area (Å²) >= 11 is 0. The lowest BCUT2D eigenvalue weighted by Gasteiger charge is -2.38. The van der Waals surface area contributed by atoms with Gasteiger partial charge in [0.1, 0.15) is 0 Å². The number of nitrogens with zero attached hydrogens (tertiary/aromatic N) is 1. The Labute approximate surface area is 83.3 Å². The second-order valence-corrected chi connectivity index (χ2v) is 3.43. The van der Waals surface area contributed by atoms with Crippen LogP contribution in [0.15, 0.2) is 30.3 Å². The molecule has 1 amide bonds. The number of likely N-dealkylation sites (tertiary alicyclic amines) is 1. The smallest absolute Gasteiger partial charge is 0.254 e. The van der Waals surface area contributed by atoms with Gasteiger partial charge in [-0.3, -0.25) is 4.79 Å². The van der Waals surface area contributed by atoms with E-state index in [0.717, 1.165) is 5.56 Å². The highest BCUT2D eigenvalue weighted by Crippen LogP contribution is 2.14. The molecule has 0 unspecified atom stereocenters. The van der Waals surface area contributed by atoms with Gasteiger partial charge in [-0.2, -0.15) is 0 Å². The predicted molar refractivity (Wildman–Crippen MR) is 53.1 cm³/mol. The average Bonchev–Trinajstić information content (AvgIpc) is 2.17. The Kier molecular flexibility index (Phi) is 2.50. The molecule has 1 fully saturated rings. The van der Waals surface area contributed by atoms with Crippen molar-refractivity contribution in [2.45, 2.75) is 6.10 Å². The third kappa shape index (κ3) is 1.63. The number of hydrogen-bond donors (Lipinski definition) is 0. The lowest BCUT2D eigenvalue weighted by molar-refractivity contribution is -0.0191. The van der Waals surface area contributed by atoms with Gasteiger partial charge in [-0.05, 0) is 12.1 Å². The van der Waals surface area contributed by atoms with E-state index in [1.807, 2.05) is 30.3 Å². The van der Waals surface area contributed by atoms with Crippen molar-refractivity contribution in [1.29, 1.82) is 0 Å². The first-order valence-corrected chi connectivity index (χ1v) is 4.68. The molecule has 2 rings (SSSR count). The molecular formula is C11H13NO2. The van der Waals surface area contributed by atoms with Crippen LogP contribution < -0.4 is 0 Å². The zero-order valence-electron chi connectivity index (χ0n) is 8.14. The van der Waals surface area contributed by atoms with Gasteiger partial charge in [0.15, 0.2) is 0 Å². The molecule has 3 heteroatoms. The van der Waals surface area contributed by atoms with Gasteiger partial charge in [0.2, 0.25) is 0 Å². The quantitative estimate of drug-likeness (QED) is 0.702. The maximum absolute atomic E-state index is 11.8. The highest BCUT2D eigenvalue weighted by molar-refractivity contribution is 5.94. The number of carbonyl (C=O) groups is 1. The summed E-state index contributed by atoms with van der Waals surface area (Å²) < 4.78 is 5.11. The normalized spacial score (nSPS) is 16.5. The van der Waals surface area contributed by atoms with Crippen molar-refractivity contribution in [3.8, 4) is 0 Å². The highest BCUT2D eigenvalue weighted by Gasteiger charge is 2.30. The summed E-state index contributed by atoms with van der Waals surface area (Å²) in [5.74, 6) is 0.0962. The van der Waals surface area contributed by atoms with E-state index in [2.05, 4.69) is 0 Å². The van der Waals surface area contributed by atoms with Gasteiger partial charge in [0.25, 0.3) is 5.91 Å². The number of amides is 1. The third-order valence-corrected chi connectivity index (χ3v) is 2.49. The first-order chi connectivity index (χ1) is 6.81. The second-order valence-electron chi connectivity index (χ2n) is 3.43. The molecular weight excluding hydrogens is 178 g/mol. The number of benzene rings is 1. The van der Waals surface area contributed by atoms with Crippen LogP contribution in [0.3, 0.4) is 0 Å². The van der Waals surface area contributed by atoms with Crippen LogP contribution in [0.2, 0.25) is 0 Å². The summed E-state index contributed by atoms with van der Waals surface area (Å²) in [7, 11) is 1.68. The molecule has 0 N–H and O–H groups in total. The van der Waals surface area contributed by atoms with Crippen LogP contribution in [0, 0.1) is 0 Å². The molecule has 0 atom stereocenters. The molecule has 1 aliphatic heterocycles. The van der Waals surface area contributed by atoms with Crippen LogP contribution >= 0.6 is 0 Å². The minimum atomic E-state index is 0.0962. The molecule has 14 heavy (non-hydrogen) atoms. The molecule has 1 saturated heterocycles. The molecule has 0 saturated carbocycles. The Hall–Kier alpha value is -1.35. The summed E-state index contributed by atoms with van der Waals surface area (Å²) in [5.41, 5.74) is 0.752. The Morgan fingerprint density at radius 3 is 2.57 bits per heavy atom. The number of ether oxygens (including phenoxy) is 1. The monoisotopic (exact) mass is 191 g/mol. The van der Waals surface area contributed by atoms with E-state index in [-0.39, 0.29) is 12.0 Å². The second kappa shape index (κ2) is 3.80. The fourth-order valence-corrected chi connectivity index (χ4v) is 1.52. The van der Waals surface area contributed by atoms with E-state index in [4.69, 9.17) is 4.74 Å². The first-order valence-electron chi connectivity index (χ1n) is 4.68. The van der Waals surface area contributed by atoms with Crippen molar-refractivity contribution in [2.24, 2.45) is 0 Å². The van der Waals surface area contributed by atoms with Gasteiger partial charge in [0.05, 0.1) is 6.10 Å². The first kappa shape index (κ1) is 9.21. The Balaban J connectivity index is 1.98. The molecule has 0 aromatic heterocycles. The van der Waals surface area contributed by atoms with Crippen LogP contribution in [0.25, 0.3) is 0 Å². The van der Waals surface area contributed by atoms with Crippen LogP contribution in [-0.4, -0.2) is 37.1 Å². The summed E-state index contributed by atoms with van der Waals surface area (Å²) in [6.07, 6.45) is 0.225. The van der Waals surface area contributed by atoms with Crippen molar-refractivity contribution in [2.75, 3.05) is 20.2 Å². The molecule has 0 bridgehead atoms. The molecule has 0 aliphatic carbocycles. The van der Waals surface area contributed by atoms with Gasteiger partial charge >= 0.3 is 0 Å². The zero-order valence-corrected chi connectivity index (χ0v) is 8.14. The summed E-state index contributed by atoms with van der Waals surface area (Å²) in [4.78, 5) is 13.6. The summed E-state index contributed by atoms with van der Waals surface area (Å²) in [6.45, 7) is 1.43. The van der Waals surface area contributed by atoms with Crippen LogP contribution in [0.1, 0.15) is 10.4 Å². The molecule has 1 aliphatic rings. The van der Waals surface area contributed by atoms with Gasteiger partial charge in [-0.25, -0.2) is 0 Å². The van der Waals surface area contributed by atoms with E-state index in [1.165, 1.54) is 0 Å². The van der Waals surface area contributed by atoms with Gasteiger partial charge in [0, 0.05) is 25.8 Å². The fourth-order valence-electron chi connectivity index (χ4n) is 1.52. The van der Waals surface area contributed by atoms with Gasteiger partial charge in [-0.1, -0.05) is 18.2 Å². The highest BCUT2D eigenvalue weighted by atomic mass is 16.5. The SMILES string of the molecule is COC1CN(C(=O)c2ccccc2)C1. The maximum Gasteiger partial charge on any atom is 0.254 e. The standard InChI is InChI=1S/C11H13NO2/c1-14-10-7-12(8-10)11(13)9-5-3-2-4-6-9/h2-6,10H,7-8H2,1H3. The summed E-state index contributed by atoms with van der Waals surface area (Å²) in [5, 5.41) is 0. The van der Waals surface area contributed by atoms with E-state index in [1.54, 1.807) is 12.0 Å². The third-order valence-electron chi connectivity index (χ3n) is 2.49.